The van der Waals surface area contributed by atoms with Gasteiger partial charge in [-0.15, -0.1) is 47.2 Å². The van der Waals surface area contributed by atoms with Crippen LogP contribution >= 0.6 is 26.0 Å². The second-order valence-corrected chi connectivity index (χ2v) is 15.4. The first-order valence-corrected chi connectivity index (χ1v) is 20.3. The molecular weight excluding hydrogens is 725 g/mol. The Kier molecular flexibility index (Phi) is 17.3. The number of halogens is 1. The van der Waals surface area contributed by atoms with Crippen molar-refractivity contribution in [3.8, 4) is 0 Å². The van der Waals surface area contributed by atoms with E-state index >= 15 is 0 Å². The van der Waals surface area contributed by atoms with Gasteiger partial charge in [0.2, 0.25) is 0 Å². The second kappa shape index (κ2) is 22.4. The Bertz CT molecular complexity index is 1700. The molecule has 0 aliphatic carbocycles. The van der Waals surface area contributed by atoms with E-state index in [-0.39, 0.29) is 5.48 Å². The van der Waals surface area contributed by atoms with Crippen molar-refractivity contribution in [3.63, 3.8) is 0 Å². The van der Waals surface area contributed by atoms with Crippen LogP contribution in [0.15, 0.2) is 224 Å². The predicted molar refractivity (Wildman–Crippen MR) is 223 cm³/mol. The van der Waals surface area contributed by atoms with E-state index in [1.165, 1.54) is 42.6 Å². The van der Waals surface area contributed by atoms with Crippen molar-refractivity contribution < 1.29 is 20.0 Å². The van der Waals surface area contributed by atoms with E-state index in [0.717, 1.165) is 0 Å². The summed E-state index contributed by atoms with van der Waals surface area (Å²) in [5, 5.41) is 10.8. The summed E-state index contributed by atoms with van der Waals surface area (Å²) in [7, 11) is 3.37. The van der Waals surface area contributed by atoms with E-state index in [1.807, 2.05) is 24.3 Å². The van der Waals surface area contributed by atoms with Crippen molar-refractivity contribution in [2.45, 2.75) is 0 Å². The summed E-state index contributed by atoms with van der Waals surface area (Å²) in [6.45, 7) is 0. The molecule has 8 rings (SSSR count). The van der Waals surface area contributed by atoms with Gasteiger partial charge in [0.1, 0.15) is 0 Å². The minimum atomic E-state index is -0.446. The fourth-order valence-corrected chi connectivity index (χ4v) is 10.0. The fourth-order valence-electron chi connectivity index (χ4n) is 5.42. The molecule has 2 N–H and O–H groups in total. The van der Waals surface area contributed by atoms with E-state index in [1.54, 1.807) is 0 Å². The summed E-state index contributed by atoms with van der Waals surface area (Å²) < 4.78 is 0. The van der Waals surface area contributed by atoms with Gasteiger partial charge in [-0.2, -0.15) is 0 Å². The molecule has 0 aliphatic rings. The topological polar surface area (TPSA) is 31.5 Å². The maximum absolute atomic E-state index is 4.26. The molecule has 0 spiro atoms. The third kappa shape index (κ3) is 11.8. The van der Waals surface area contributed by atoms with Crippen LogP contribution in [0.5, 0.6) is 0 Å². The molecule has 8 aromatic carbocycles. The zero-order valence-corrected chi connectivity index (χ0v) is 31.5. The zero-order valence-electron chi connectivity index (χ0n) is 28.0. The first-order chi connectivity index (χ1) is 24.9. The quantitative estimate of drug-likeness (QED) is 0.0919. The summed E-state index contributed by atoms with van der Waals surface area (Å²) in [5.74, 6) is 0. The second-order valence-electron chi connectivity index (χ2n) is 10.9. The molecule has 0 heterocycles. The van der Waals surface area contributed by atoms with Gasteiger partial charge in [-0.25, -0.2) is 0 Å². The molecule has 0 atom stereocenters. The standard InChI is InChI=1S/2C18H15P.C10H7.ClH.Ni.H2O/c2*1-4-10-16(11-5-1)19(17-12-6-2-7-13-17)18-14-8-3-9-15-18;1-2-6-10-8-4-3-7-9(10)5-1;;;/h2*1-15H;1-7H;1H;;1H2/q;;-1;;+1;/p-1. The van der Waals surface area contributed by atoms with Crippen molar-refractivity contribution in [3.05, 3.63) is 231 Å². The molecule has 0 aliphatic heterocycles. The molecule has 0 aromatic heterocycles. The largest absolute Gasteiger partial charge is 0.147 e. The van der Waals surface area contributed by atoms with Gasteiger partial charge >= 0.3 is 24.8 Å². The van der Waals surface area contributed by atoms with E-state index in [2.05, 4.69) is 231 Å². The van der Waals surface area contributed by atoms with E-state index in [9.17, 15) is 0 Å². The summed E-state index contributed by atoms with van der Waals surface area (Å²) in [4.78, 5) is 0. The molecule has 5 heteroatoms. The number of rotatable bonds is 6. The number of hydrogen-bond acceptors (Lipinski definition) is 0. The smallest absolute Gasteiger partial charge is 0.0134 e. The molecule has 8 aromatic rings. The summed E-state index contributed by atoms with van der Waals surface area (Å²) >= 11 is 3.35. The van der Waals surface area contributed by atoms with Gasteiger partial charge in [-0.1, -0.05) is 194 Å². The van der Waals surface area contributed by atoms with Crippen LogP contribution in [0.1, 0.15) is 0 Å². The normalized spacial score (nSPS) is 9.98. The van der Waals surface area contributed by atoms with Gasteiger partial charge in [0.15, 0.2) is 0 Å². The van der Waals surface area contributed by atoms with Gasteiger partial charge in [-0.05, 0) is 47.7 Å². The van der Waals surface area contributed by atoms with Gasteiger partial charge in [-0.3, -0.25) is 0 Å². The average Bonchev–Trinajstić information content (AvgIpc) is 3.22. The summed E-state index contributed by atoms with van der Waals surface area (Å²) in [5.41, 5.74) is 0. The Morgan fingerprint density at radius 1 is 0.314 bits per heavy atom. The molecule has 51 heavy (non-hydrogen) atoms. The Morgan fingerprint density at radius 3 is 0.824 bits per heavy atom. The minimum absolute atomic E-state index is 0. The van der Waals surface area contributed by atoms with Crippen LogP contribution < -0.4 is 31.8 Å². The van der Waals surface area contributed by atoms with Crippen LogP contribution in [0.4, 0.5) is 0 Å². The third-order valence-corrected chi connectivity index (χ3v) is 12.5. The predicted octanol–water partition coefficient (Wildman–Crippen LogP) is 9.39. The molecule has 1 nitrogen and oxygen atoms in total. The van der Waals surface area contributed by atoms with Gasteiger partial charge < -0.3 is 5.48 Å². The molecule has 0 fully saturated rings. The van der Waals surface area contributed by atoms with Crippen LogP contribution in [-0.4, -0.2) is 5.48 Å². The molecule has 0 amide bonds. The number of benzene rings is 8. The third-order valence-electron chi connectivity index (χ3n) is 7.66. The SMILES string of the molecule is O.[Cl][Ni].[c-]1cccc2ccccc12.c1ccc(P(c2ccccc2)c2ccccc2)cc1.c1ccc(P(c2ccccc2)c2ccccc2)cc1. The van der Waals surface area contributed by atoms with Crippen LogP contribution in [0.3, 0.4) is 0 Å². The Hall–Kier alpha value is -4.38. The van der Waals surface area contributed by atoms with Crippen LogP contribution in [0.2, 0.25) is 0 Å². The zero-order chi connectivity index (χ0) is 34.6. The van der Waals surface area contributed by atoms with Crippen molar-refractivity contribution >= 4 is 68.6 Å². The fraction of sp³-hybridized carbons (Fsp3) is 0. The first-order valence-electron chi connectivity index (χ1n) is 16.2. The van der Waals surface area contributed by atoms with Crippen molar-refractivity contribution in [1.82, 2.24) is 0 Å². The molecule has 0 unspecified atom stereocenters. The van der Waals surface area contributed by atoms with Crippen LogP contribution in [0, 0.1) is 6.07 Å². The monoisotopic (exact) mass is 762 g/mol. The Balaban J connectivity index is 0.000000173. The molecular formula is C46H39ClNiOP2-. The first kappa shape index (κ1) is 39.4. The van der Waals surface area contributed by atoms with E-state index < -0.39 is 15.8 Å². The van der Waals surface area contributed by atoms with Crippen molar-refractivity contribution in [1.29, 1.82) is 0 Å². The average molecular weight is 764 g/mol. The molecule has 257 valence electrons. The van der Waals surface area contributed by atoms with Crippen LogP contribution in [-0.2, 0) is 14.6 Å². The van der Waals surface area contributed by atoms with Gasteiger partial charge in [0, 0.05) is 0 Å². The Labute approximate surface area is 317 Å². The maximum atomic E-state index is 4.26. The van der Waals surface area contributed by atoms with Gasteiger partial charge in [0.05, 0.1) is 0 Å². The van der Waals surface area contributed by atoms with Crippen LogP contribution in [0.25, 0.3) is 10.8 Å². The van der Waals surface area contributed by atoms with E-state index in [4.69, 9.17) is 0 Å². The number of hydrogen-bond donors (Lipinski definition) is 0. The number of fused-ring (bicyclic) bond motifs is 1. The molecule has 0 saturated heterocycles. The molecule has 0 bridgehead atoms. The van der Waals surface area contributed by atoms with Crippen molar-refractivity contribution in [2.75, 3.05) is 0 Å². The molecule has 0 saturated carbocycles. The van der Waals surface area contributed by atoms with Gasteiger partial charge in [0.25, 0.3) is 0 Å². The van der Waals surface area contributed by atoms with E-state index in [0.29, 0.717) is 0 Å². The maximum Gasteiger partial charge on any atom is -0.0134 e. The molecule has 0 radical (unpaired) electrons. The summed E-state index contributed by atoms with van der Waals surface area (Å²) in [6.07, 6.45) is 0. The Morgan fingerprint density at radius 2 is 0.549 bits per heavy atom. The summed E-state index contributed by atoms with van der Waals surface area (Å²) in [6, 6.07) is 82.0. The minimum Gasteiger partial charge on any atom is -0.147 e. The van der Waals surface area contributed by atoms with Crippen molar-refractivity contribution in [2.24, 2.45) is 0 Å².